The number of methoxy groups -OCH3 is 2. The Labute approximate surface area is 172 Å². The predicted molar refractivity (Wildman–Crippen MR) is 112 cm³/mol. The number of nitrogens with one attached hydrogen (secondary N) is 1. The van der Waals surface area contributed by atoms with Crippen molar-refractivity contribution in [3.63, 3.8) is 0 Å². The van der Waals surface area contributed by atoms with Crippen LogP contribution in [0.3, 0.4) is 0 Å². The minimum absolute atomic E-state index is 0.0366. The minimum Gasteiger partial charge on any atom is -0.493 e. The molecule has 0 aliphatic carbocycles. The van der Waals surface area contributed by atoms with Gasteiger partial charge in [0.25, 0.3) is 5.91 Å². The Hall–Kier alpha value is -1.51. The van der Waals surface area contributed by atoms with E-state index in [1.807, 2.05) is 43.3 Å². The van der Waals surface area contributed by atoms with Crippen molar-refractivity contribution in [3.05, 3.63) is 56.1 Å². The quantitative estimate of drug-likeness (QED) is 0.599. The van der Waals surface area contributed by atoms with Gasteiger partial charge in [-0.25, -0.2) is 0 Å². The maximum Gasteiger partial charge on any atom is 0.252 e. The largest absolute Gasteiger partial charge is 0.493 e. The van der Waals surface area contributed by atoms with Crippen LogP contribution in [0.4, 0.5) is 0 Å². The standard InChI is InChI=1S/C19H22ClIN2O3/c1-23(2)16(12-7-5-6-8-14(12)20)11-22-19(24)13-9-17(25-3)18(26-4)10-15(13)21/h5-10,16H,11H2,1-4H3,(H,22,24). The summed E-state index contributed by atoms with van der Waals surface area (Å²) in [6, 6.07) is 11.1. The van der Waals surface area contributed by atoms with Crippen LogP contribution in [0.5, 0.6) is 11.5 Å². The summed E-state index contributed by atoms with van der Waals surface area (Å²) >= 11 is 8.44. The van der Waals surface area contributed by atoms with Gasteiger partial charge < -0.3 is 19.7 Å². The maximum absolute atomic E-state index is 12.7. The lowest BCUT2D eigenvalue weighted by Gasteiger charge is -2.26. The lowest BCUT2D eigenvalue weighted by molar-refractivity contribution is 0.0940. The Morgan fingerprint density at radius 3 is 2.38 bits per heavy atom. The number of carbonyl (C=O) groups is 1. The molecule has 2 aromatic rings. The van der Waals surface area contributed by atoms with Gasteiger partial charge in [-0.3, -0.25) is 4.79 Å². The fraction of sp³-hybridized carbons (Fsp3) is 0.316. The van der Waals surface area contributed by atoms with Gasteiger partial charge in [-0.2, -0.15) is 0 Å². The second-order valence-electron chi connectivity index (χ2n) is 5.90. The van der Waals surface area contributed by atoms with E-state index < -0.39 is 0 Å². The monoisotopic (exact) mass is 488 g/mol. The first-order valence-corrected chi connectivity index (χ1v) is 9.45. The Balaban J connectivity index is 2.20. The molecule has 26 heavy (non-hydrogen) atoms. The molecular formula is C19H22ClIN2O3. The second-order valence-corrected chi connectivity index (χ2v) is 7.47. The van der Waals surface area contributed by atoms with Crippen LogP contribution in [-0.4, -0.2) is 45.7 Å². The first-order valence-electron chi connectivity index (χ1n) is 7.99. The first-order chi connectivity index (χ1) is 12.4. The number of likely N-dealkylation sites (N-methyl/N-ethyl adjacent to an activating group) is 1. The molecule has 0 heterocycles. The van der Waals surface area contributed by atoms with Crippen molar-refractivity contribution < 1.29 is 14.3 Å². The highest BCUT2D eigenvalue weighted by Crippen LogP contribution is 2.31. The van der Waals surface area contributed by atoms with Gasteiger partial charge >= 0.3 is 0 Å². The van der Waals surface area contributed by atoms with Gasteiger partial charge in [0.15, 0.2) is 11.5 Å². The molecule has 1 unspecified atom stereocenters. The average molecular weight is 489 g/mol. The molecule has 0 saturated carbocycles. The number of ether oxygens (including phenoxy) is 2. The average Bonchev–Trinajstić information content (AvgIpc) is 2.62. The van der Waals surface area contributed by atoms with Gasteiger partial charge in [0.1, 0.15) is 0 Å². The molecule has 140 valence electrons. The third kappa shape index (κ3) is 4.81. The molecule has 1 amide bonds. The van der Waals surface area contributed by atoms with E-state index in [9.17, 15) is 4.79 Å². The normalized spacial score (nSPS) is 12.0. The molecule has 0 bridgehead atoms. The van der Waals surface area contributed by atoms with E-state index in [1.165, 1.54) is 0 Å². The Morgan fingerprint density at radius 1 is 1.19 bits per heavy atom. The lowest BCUT2D eigenvalue weighted by Crippen LogP contribution is -2.35. The second kappa shape index (κ2) is 9.43. The van der Waals surface area contributed by atoms with Gasteiger partial charge in [-0.05, 0) is 60.4 Å². The van der Waals surface area contributed by atoms with Crippen LogP contribution in [0.15, 0.2) is 36.4 Å². The van der Waals surface area contributed by atoms with Gasteiger partial charge in [0, 0.05) is 15.1 Å². The number of hydrogen-bond donors (Lipinski definition) is 1. The summed E-state index contributed by atoms with van der Waals surface area (Å²) in [5, 5.41) is 3.68. The third-order valence-electron chi connectivity index (χ3n) is 4.06. The minimum atomic E-state index is -0.172. The summed E-state index contributed by atoms with van der Waals surface area (Å²) in [6.45, 7) is 0.431. The fourth-order valence-electron chi connectivity index (χ4n) is 2.63. The Kier molecular flexibility index (Phi) is 7.55. The molecule has 7 heteroatoms. The van der Waals surface area contributed by atoms with Crippen LogP contribution in [0.25, 0.3) is 0 Å². The third-order valence-corrected chi connectivity index (χ3v) is 5.30. The molecule has 1 N–H and O–H groups in total. The highest BCUT2D eigenvalue weighted by molar-refractivity contribution is 14.1. The highest BCUT2D eigenvalue weighted by atomic mass is 127. The molecule has 5 nitrogen and oxygen atoms in total. The summed E-state index contributed by atoms with van der Waals surface area (Å²) in [4.78, 5) is 14.7. The number of halogens is 2. The summed E-state index contributed by atoms with van der Waals surface area (Å²) < 4.78 is 11.4. The van der Waals surface area contributed by atoms with Crippen LogP contribution >= 0.6 is 34.2 Å². The molecule has 0 aromatic heterocycles. The van der Waals surface area contributed by atoms with Crippen molar-refractivity contribution in [2.75, 3.05) is 34.9 Å². The molecule has 1 atom stereocenters. The lowest BCUT2D eigenvalue weighted by atomic mass is 10.1. The van der Waals surface area contributed by atoms with Gasteiger partial charge in [0.05, 0.1) is 25.8 Å². The van der Waals surface area contributed by atoms with Crippen molar-refractivity contribution in [1.82, 2.24) is 10.2 Å². The zero-order valence-corrected chi connectivity index (χ0v) is 18.1. The van der Waals surface area contributed by atoms with E-state index >= 15 is 0 Å². The van der Waals surface area contributed by atoms with Crippen LogP contribution in [0.1, 0.15) is 22.0 Å². The smallest absolute Gasteiger partial charge is 0.252 e. The zero-order chi connectivity index (χ0) is 19.3. The molecular weight excluding hydrogens is 467 g/mol. The van der Waals surface area contributed by atoms with E-state index in [4.69, 9.17) is 21.1 Å². The molecule has 0 aliphatic rings. The van der Waals surface area contributed by atoms with E-state index in [0.717, 1.165) is 9.13 Å². The predicted octanol–water partition coefficient (Wildman–Crippen LogP) is 3.99. The van der Waals surface area contributed by atoms with Crippen molar-refractivity contribution in [3.8, 4) is 11.5 Å². The number of rotatable bonds is 7. The molecule has 2 rings (SSSR count). The van der Waals surface area contributed by atoms with Gasteiger partial charge in [-0.15, -0.1) is 0 Å². The number of nitrogens with zero attached hydrogens (tertiary/aromatic N) is 1. The number of carbonyl (C=O) groups excluding carboxylic acids is 1. The van der Waals surface area contributed by atoms with Crippen molar-refractivity contribution >= 4 is 40.1 Å². The molecule has 0 aliphatic heterocycles. The molecule has 0 fully saturated rings. The van der Waals surface area contributed by atoms with Crippen molar-refractivity contribution in [2.45, 2.75) is 6.04 Å². The Bertz CT molecular complexity index is 783. The van der Waals surface area contributed by atoms with Gasteiger partial charge in [0.2, 0.25) is 0 Å². The molecule has 0 radical (unpaired) electrons. The van der Waals surface area contributed by atoms with E-state index in [-0.39, 0.29) is 11.9 Å². The van der Waals surface area contributed by atoms with Crippen molar-refractivity contribution in [2.24, 2.45) is 0 Å². The number of benzene rings is 2. The summed E-state index contributed by atoms with van der Waals surface area (Å²) in [6.07, 6.45) is 0. The van der Waals surface area contributed by atoms with E-state index in [0.29, 0.717) is 28.6 Å². The zero-order valence-electron chi connectivity index (χ0n) is 15.2. The van der Waals surface area contributed by atoms with Crippen LogP contribution in [0, 0.1) is 3.57 Å². The molecule has 2 aromatic carbocycles. The topological polar surface area (TPSA) is 50.8 Å². The van der Waals surface area contributed by atoms with E-state index in [1.54, 1.807) is 26.4 Å². The number of hydrogen-bond acceptors (Lipinski definition) is 4. The van der Waals surface area contributed by atoms with Crippen molar-refractivity contribution in [1.29, 1.82) is 0 Å². The Morgan fingerprint density at radius 2 is 1.81 bits per heavy atom. The number of amides is 1. The van der Waals surface area contributed by atoms with Crippen LogP contribution in [-0.2, 0) is 0 Å². The van der Waals surface area contributed by atoms with E-state index in [2.05, 4.69) is 27.9 Å². The SMILES string of the molecule is COc1cc(I)c(C(=O)NCC(c2ccccc2Cl)N(C)C)cc1OC. The van der Waals surface area contributed by atoms with Crippen LogP contribution in [0.2, 0.25) is 5.02 Å². The summed E-state index contributed by atoms with van der Waals surface area (Å²) in [5.41, 5.74) is 1.52. The van der Waals surface area contributed by atoms with Gasteiger partial charge in [-0.1, -0.05) is 29.8 Å². The highest BCUT2D eigenvalue weighted by Gasteiger charge is 2.20. The fourth-order valence-corrected chi connectivity index (χ4v) is 3.57. The first kappa shape index (κ1) is 20.8. The maximum atomic E-state index is 12.7. The van der Waals surface area contributed by atoms with Crippen LogP contribution < -0.4 is 14.8 Å². The molecule has 0 saturated heterocycles. The summed E-state index contributed by atoms with van der Waals surface area (Å²) in [5.74, 6) is 0.943. The molecule has 0 spiro atoms. The summed E-state index contributed by atoms with van der Waals surface area (Å²) in [7, 11) is 7.03.